The molecule has 0 saturated heterocycles. The molecular weight excluding hydrogens is 316 g/mol. The Morgan fingerprint density at radius 1 is 1.08 bits per heavy atom. The molecule has 25 heavy (non-hydrogen) atoms. The minimum absolute atomic E-state index is 0.0632. The number of benzene rings is 1. The van der Waals surface area contributed by atoms with Crippen LogP contribution in [-0.4, -0.2) is 35.7 Å². The van der Waals surface area contributed by atoms with Gasteiger partial charge in [-0.3, -0.25) is 9.89 Å². The normalized spacial score (nSPS) is 16.6. The molecule has 0 aliphatic heterocycles. The van der Waals surface area contributed by atoms with Crippen LogP contribution in [0.2, 0.25) is 0 Å². The van der Waals surface area contributed by atoms with Crippen molar-refractivity contribution in [3.63, 3.8) is 0 Å². The lowest BCUT2D eigenvalue weighted by Gasteiger charge is -2.22. The van der Waals surface area contributed by atoms with Gasteiger partial charge in [-0.15, -0.1) is 10.2 Å². The van der Waals surface area contributed by atoms with E-state index < -0.39 is 6.04 Å². The van der Waals surface area contributed by atoms with E-state index in [0.717, 1.165) is 0 Å². The van der Waals surface area contributed by atoms with Crippen molar-refractivity contribution in [2.24, 2.45) is 0 Å². The molecule has 1 N–H and O–H groups in total. The summed E-state index contributed by atoms with van der Waals surface area (Å²) >= 11 is 0. The highest BCUT2D eigenvalue weighted by atomic mass is 16.1. The average Bonchev–Trinajstić information content (AvgIpc) is 3.38. The zero-order valence-corrected chi connectivity index (χ0v) is 13.9. The molecule has 2 aromatic heterocycles. The Kier molecular flexibility index (Phi) is 4.37. The van der Waals surface area contributed by atoms with E-state index in [2.05, 4.69) is 37.5 Å². The Labute approximate surface area is 145 Å². The maximum Gasteiger partial charge on any atom is 0.193 e. The predicted octanol–water partition coefficient (Wildman–Crippen LogP) is 2.92. The molecule has 0 amide bonds. The number of hydrogen-bond acceptors (Lipinski definition) is 5. The number of H-pyrrole nitrogens is 1. The zero-order valence-electron chi connectivity index (χ0n) is 13.9. The number of rotatable bonds is 5. The molecule has 3 aromatic rings. The van der Waals surface area contributed by atoms with Crippen molar-refractivity contribution in [2.45, 2.75) is 44.1 Å². The monoisotopic (exact) mass is 336 g/mol. The molecule has 0 bridgehead atoms. The number of carbonyl (C=O) groups is 1. The van der Waals surface area contributed by atoms with Gasteiger partial charge in [0.2, 0.25) is 0 Å². The van der Waals surface area contributed by atoms with Gasteiger partial charge in [0.05, 0.1) is 0 Å². The van der Waals surface area contributed by atoms with Gasteiger partial charge >= 0.3 is 0 Å². The predicted molar refractivity (Wildman–Crippen MR) is 91.1 cm³/mol. The van der Waals surface area contributed by atoms with Crippen molar-refractivity contribution in [3.05, 3.63) is 60.2 Å². The number of nitrogens with one attached hydrogen (secondary N) is 1. The van der Waals surface area contributed by atoms with E-state index in [1.54, 1.807) is 4.57 Å². The van der Waals surface area contributed by atoms with Crippen LogP contribution in [0.15, 0.2) is 43.2 Å². The number of ketones is 1. The highest BCUT2D eigenvalue weighted by Gasteiger charge is 2.27. The van der Waals surface area contributed by atoms with Crippen LogP contribution in [0.3, 0.4) is 0 Å². The van der Waals surface area contributed by atoms with Crippen LogP contribution in [-0.2, 0) is 0 Å². The van der Waals surface area contributed by atoms with E-state index in [1.807, 2.05) is 12.1 Å². The largest absolute Gasteiger partial charge is 0.302 e. The summed E-state index contributed by atoms with van der Waals surface area (Å²) in [5, 5.41) is 14.2. The molecule has 0 spiro atoms. The van der Waals surface area contributed by atoms with Crippen molar-refractivity contribution in [1.82, 2.24) is 29.9 Å². The molecule has 7 nitrogen and oxygen atoms in total. The molecule has 128 valence electrons. The van der Waals surface area contributed by atoms with Crippen LogP contribution < -0.4 is 0 Å². The molecule has 7 heteroatoms. The Bertz CT molecular complexity index is 770. The summed E-state index contributed by atoms with van der Waals surface area (Å²) in [5.74, 6) is 1.04. The van der Waals surface area contributed by atoms with E-state index in [1.165, 1.54) is 56.6 Å². The lowest BCUT2D eigenvalue weighted by Crippen LogP contribution is -2.21. The lowest BCUT2D eigenvalue weighted by molar-refractivity contribution is 0.0941. The first-order chi connectivity index (χ1) is 12.3. The number of carbonyl (C=O) groups excluding carboxylic acids is 1. The first-order valence-electron chi connectivity index (χ1n) is 8.66. The van der Waals surface area contributed by atoms with Crippen LogP contribution in [0.1, 0.15) is 65.8 Å². The summed E-state index contributed by atoms with van der Waals surface area (Å²) in [7, 11) is 0. The van der Waals surface area contributed by atoms with Gasteiger partial charge in [0.1, 0.15) is 19.0 Å². The number of aromatic amines is 1. The third-order valence-corrected chi connectivity index (χ3v) is 4.95. The van der Waals surface area contributed by atoms with E-state index in [0.29, 0.717) is 17.3 Å². The fourth-order valence-corrected chi connectivity index (χ4v) is 3.60. The summed E-state index contributed by atoms with van der Waals surface area (Å²) in [6.45, 7) is 0. The number of hydrogen-bond donors (Lipinski definition) is 1. The van der Waals surface area contributed by atoms with Gasteiger partial charge < -0.3 is 4.57 Å². The summed E-state index contributed by atoms with van der Waals surface area (Å²) in [6.07, 6.45) is 10.8. The molecule has 1 aromatic carbocycles. The molecule has 1 fully saturated rings. The van der Waals surface area contributed by atoms with Gasteiger partial charge in [-0.1, -0.05) is 43.5 Å². The topological polar surface area (TPSA) is 89.4 Å². The molecule has 1 aliphatic rings. The van der Waals surface area contributed by atoms with Crippen LogP contribution in [0.25, 0.3) is 0 Å². The summed E-state index contributed by atoms with van der Waals surface area (Å²) in [4.78, 5) is 17.2. The third-order valence-electron chi connectivity index (χ3n) is 4.95. The molecule has 1 aliphatic carbocycles. The van der Waals surface area contributed by atoms with Crippen molar-refractivity contribution < 1.29 is 4.79 Å². The second kappa shape index (κ2) is 6.96. The maximum atomic E-state index is 13.1. The van der Waals surface area contributed by atoms with Crippen LogP contribution in [0, 0.1) is 0 Å². The quantitative estimate of drug-likeness (QED) is 0.724. The highest BCUT2D eigenvalue weighted by molar-refractivity contribution is 6.00. The smallest absolute Gasteiger partial charge is 0.193 e. The van der Waals surface area contributed by atoms with E-state index in [-0.39, 0.29) is 5.78 Å². The second-order valence-corrected chi connectivity index (χ2v) is 6.50. The molecule has 4 rings (SSSR count). The van der Waals surface area contributed by atoms with Crippen molar-refractivity contribution in [3.8, 4) is 0 Å². The minimum Gasteiger partial charge on any atom is -0.302 e. The summed E-state index contributed by atoms with van der Waals surface area (Å²) < 4.78 is 1.64. The molecule has 0 radical (unpaired) electrons. The molecule has 2 heterocycles. The number of nitrogens with zero attached hydrogens (tertiary/aromatic N) is 5. The van der Waals surface area contributed by atoms with Crippen molar-refractivity contribution >= 4 is 5.78 Å². The highest BCUT2D eigenvalue weighted by Crippen LogP contribution is 2.33. The first kappa shape index (κ1) is 15.7. The van der Waals surface area contributed by atoms with Gasteiger partial charge in [0.15, 0.2) is 17.6 Å². The van der Waals surface area contributed by atoms with Crippen LogP contribution in [0.5, 0.6) is 0 Å². The number of aromatic nitrogens is 6. The fraction of sp³-hybridized carbons (Fsp3) is 0.389. The lowest BCUT2D eigenvalue weighted by atomic mass is 9.83. The molecule has 1 saturated carbocycles. The Hall–Kier alpha value is -2.83. The first-order valence-corrected chi connectivity index (χ1v) is 8.66. The standard InChI is InChI=1S/C18H20N6O/c25-17(16(18-19-10-20-23-18)24-11-21-22-12-24)15-8-6-14(7-9-15)13-4-2-1-3-5-13/h6-13,16H,1-5H2,(H,19,20,23). The number of Topliss-reactive ketones (excluding diaryl/α,β-unsaturated/α-hetero) is 1. The summed E-state index contributed by atoms with van der Waals surface area (Å²) in [5.41, 5.74) is 1.98. The van der Waals surface area contributed by atoms with Gasteiger partial charge in [0, 0.05) is 5.56 Å². The van der Waals surface area contributed by atoms with E-state index in [4.69, 9.17) is 0 Å². The SMILES string of the molecule is O=C(c1ccc(C2CCCCC2)cc1)C(c1ncn[nH]1)n1cnnc1. The van der Waals surface area contributed by atoms with Crippen molar-refractivity contribution in [1.29, 1.82) is 0 Å². The van der Waals surface area contributed by atoms with Crippen LogP contribution in [0.4, 0.5) is 0 Å². The molecule has 1 unspecified atom stereocenters. The Morgan fingerprint density at radius 2 is 1.80 bits per heavy atom. The van der Waals surface area contributed by atoms with Gasteiger partial charge in [-0.05, 0) is 24.3 Å². The van der Waals surface area contributed by atoms with Gasteiger partial charge in [0.25, 0.3) is 0 Å². The second-order valence-electron chi connectivity index (χ2n) is 6.50. The molecular formula is C18H20N6O. The van der Waals surface area contributed by atoms with Gasteiger partial charge in [-0.25, -0.2) is 4.98 Å². The zero-order chi connectivity index (χ0) is 17.1. The maximum absolute atomic E-state index is 13.1. The van der Waals surface area contributed by atoms with E-state index >= 15 is 0 Å². The Balaban J connectivity index is 1.60. The van der Waals surface area contributed by atoms with Crippen molar-refractivity contribution in [2.75, 3.05) is 0 Å². The van der Waals surface area contributed by atoms with E-state index in [9.17, 15) is 4.79 Å². The van der Waals surface area contributed by atoms with Gasteiger partial charge in [-0.2, -0.15) is 5.10 Å². The molecule has 1 atom stereocenters. The average molecular weight is 336 g/mol. The third kappa shape index (κ3) is 3.22. The Morgan fingerprint density at radius 3 is 2.44 bits per heavy atom. The summed E-state index contributed by atoms with van der Waals surface area (Å²) in [6, 6.07) is 7.37. The fourth-order valence-electron chi connectivity index (χ4n) is 3.60. The minimum atomic E-state index is -0.641. The van der Waals surface area contributed by atoms with Crippen LogP contribution >= 0.6 is 0 Å².